The Labute approximate surface area is 188 Å². The van der Waals surface area contributed by atoms with Crippen molar-refractivity contribution in [2.45, 2.75) is 58.5 Å². The van der Waals surface area contributed by atoms with E-state index in [1.807, 2.05) is 29.7 Å². The molecular weight excluding hydrogens is 450 g/mol. The van der Waals surface area contributed by atoms with Crippen molar-refractivity contribution in [3.05, 3.63) is 52.9 Å². The highest BCUT2D eigenvalue weighted by molar-refractivity contribution is 6.29. The molecule has 3 aromatic rings. The highest BCUT2D eigenvalue weighted by atomic mass is 35.5. The van der Waals surface area contributed by atoms with E-state index in [9.17, 15) is 22.4 Å². The minimum Gasteiger partial charge on any atom is -0.380 e. The maximum atomic E-state index is 12.5. The highest BCUT2D eigenvalue weighted by Crippen LogP contribution is 2.33. The lowest BCUT2D eigenvalue weighted by atomic mass is 9.97. The van der Waals surface area contributed by atoms with Crippen LogP contribution in [0.2, 0.25) is 5.15 Å². The molecule has 0 amide bonds. The predicted molar refractivity (Wildman–Crippen MR) is 115 cm³/mol. The number of aromatic nitrogens is 3. The van der Waals surface area contributed by atoms with E-state index in [-0.39, 0.29) is 6.42 Å². The summed E-state index contributed by atoms with van der Waals surface area (Å²) >= 11 is 5.93. The van der Waals surface area contributed by atoms with Gasteiger partial charge in [-0.05, 0) is 50.1 Å². The number of ketones is 1. The van der Waals surface area contributed by atoms with Crippen LogP contribution in [0, 0.1) is 6.92 Å². The minimum atomic E-state index is -4.74. The number of Topliss-reactive ketones (excluding diaryl/α,β-unsaturated/α-hetero) is 1. The molecule has 3 rings (SSSR count). The summed E-state index contributed by atoms with van der Waals surface area (Å²) in [5.41, 5.74) is 0.150. The molecule has 0 bridgehead atoms. The van der Waals surface area contributed by atoms with Crippen molar-refractivity contribution in [1.82, 2.24) is 14.5 Å². The summed E-state index contributed by atoms with van der Waals surface area (Å²) in [6.45, 7) is 3.74. The third kappa shape index (κ3) is 6.26. The average molecular weight is 474 g/mol. The lowest BCUT2D eigenvalue weighted by Crippen LogP contribution is -2.43. The van der Waals surface area contributed by atoms with Gasteiger partial charge in [0.05, 0.1) is 0 Å². The van der Waals surface area contributed by atoms with E-state index < -0.39 is 30.7 Å². The second-order valence-electron chi connectivity index (χ2n) is 7.51. The standard InChI is InChI=1S/C14H11ClFN3.C8H13F3O2/c1-9-17-12-6-7-13(15)18-14(12)19(9)11-4-2-10(8-16)3-5-11;1-3-4-6(12)5-7(2,13)8(9,10)11/h2-7H,8H2,1H3;13H,3-5H2,1-2H3. The van der Waals surface area contributed by atoms with Crippen LogP contribution in [0.1, 0.15) is 44.5 Å². The Morgan fingerprint density at radius 3 is 2.28 bits per heavy atom. The van der Waals surface area contributed by atoms with Crippen LogP contribution in [0.3, 0.4) is 0 Å². The van der Waals surface area contributed by atoms with Gasteiger partial charge >= 0.3 is 6.18 Å². The van der Waals surface area contributed by atoms with Gasteiger partial charge in [0, 0.05) is 18.5 Å². The van der Waals surface area contributed by atoms with Crippen LogP contribution in [-0.4, -0.2) is 37.2 Å². The van der Waals surface area contributed by atoms with E-state index in [2.05, 4.69) is 9.97 Å². The van der Waals surface area contributed by atoms with Crippen LogP contribution in [0.25, 0.3) is 16.9 Å². The first-order valence-corrected chi connectivity index (χ1v) is 10.2. The van der Waals surface area contributed by atoms with Crippen molar-refractivity contribution in [2.75, 3.05) is 0 Å². The van der Waals surface area contributed by atoms with E-state index in [0.29, 0.717) is 29.7 Å². The number of nitrogens with zero attached hydrogens (tertiary/aromatic N) is 3. The smallest absolute Gasteiger partial charge is 0.380 e. The number of aryl methyl sites for hydroxylation is 1. The molecule has 0 aliphatic rings. The summed E-state index contributed by atoms with van der Waals surface area (Å²) in [6, 6.07) is 10.8. The highest BCUT2D eigenvalue weighted by Gasteiger charge is 2.50. The van der Waals surface area contributed by atoms with Crippen LogP contribution in [0.4, 0.5) is 17.6 Å². The number of carbonyl (C=O) groups is 1. The number of carbonyl (C=O) groups excluding carboxylic acids is 1. The Morgan fingerprint density at radius 2 is 1.75 bits per heavy atom. The zero-order chi connectivity index (χ0) is 24.1. The zero-order valence-corrected chi connectivity index (χ0v) is 18.6. The number of benzene rings is 1. The molecule has 0 aliphatic carbocycles. The van der Waals surface area contributed by atoms with Crippen LogP contribution in [-0.2, 0) is 11.5 Å². The molecule has 1 unspecified atom stereocenters. The molecule has 2 aromatic heterocycles. The van der Waals surface area contributed by atoms with E-state index >= 15 is 0 Å². The minimum absolute atomic E-state index is 0.0756. The predicted octanol–water partition coefficient (Wildman–Crippen LogP) is 5.91. The number of hydrogen-bond donors (Lipinski definition) is 1. The largest absolute Gasteiger partial charge is 0.417 e. The Bertz CT molecular complexity index is 1060. The van der Waals surface area contributed by atoms with Gasteiger partial charge in [-0.15, -0.1) is 0 Å². The monoisotopic (exact) mass is 473 g/mol. The van der Waals surface area contributed by atoms with Gasteiger partial charge in [0.1, 0.15) is 29.0 Å². The summed E-state index contributed by atoms with van der Waals surface area (Å²) < 4.78 is 50.5. The van der Waals surface area contributed by atoms with Crippen molar-refractivity contribution in [1.29, 1.82) is 0 Å². The van der Waals surface area contributed by atoms with Gasteiger partial charge in [-0.1, -0.05) is 30.7 Å². The fraction of sp³-hybridized carbons (Fsp3) is 0.409. The fourth-order valence-electron chi connectivity index (χ4n) is 2.94. The molecule has 5 nitrogen and oxygen atoms in total. The number of aliphatic hydroxyl groups is 1. The van der Waals surface area contributed by atoms with Crippen molar-refractivity contribution >= 4 is 28.5 Å². The van der Waals surface area contributed by atoms with E-state index in [0.717, 1.165) is 17.0 Å². The third-order valence-electron chi connectivity index (χ3n) is 4.67. The molecular formula is C22H24ClF4N3O2. The quantitative estimate of drug-likeness (QED) is 0.357. The maximum absolute atomic E-state index is 12.5. The Balaban J connectivity index is 0.000000247. The lowest BCUT2D eigenvalue weighted by Gasteiger charge is -2.25. The summed E-state index contributed by atoms with van der Waals surface area (Å²) in [5.74, 6) is 0.252. The molecule has 0 aliphatic heterocycles. The molecule has 1 N–H and O–H groups in total. The van der Waals surface area contributed by atoms with Crippen LogP contribution < -0.4 is 0 Å². The number of fused-ring (bicyclic) bond motifs is 1. The molecule has 1 atom stereocenters. The van der Waals surface area contributed by atoms with Gasteiger partial charge in [0.2, 0.25) is 0 Å². The molecule has 174 valence electrons. The number of imidazole rings is 1. The molecule has 0 saturated heterocycles. The van der Waals surface area contributed by atoms with Gasteiger partial charge in [-0.3, -0.25) is 9.36 Å². The fourth-order valence-corrected chi connectivity index (χ4v) is 3.08. The van der Waals surface area contributed by atoms with Gasteiger partial charge in [0.15, 0.2) is 11.2 Å². The Morgan fingerprint density at radius 1 is 1.12 bits per heavy atom. The van der Waals surface area contributed by atoms with Crippen molar-refractivity contribution < 1.29 is 27.5 Å². The number of pyridine rings is 1. The van der Waals surface area contributed by atoms with Crippen molar-refractivity contribution in [3.63, 3.8) is 0 Å². The van der Waals surface area contributed by atoms with Gasteiger partial charge in [0.25, 0.3) is 0 Å². The number of alkyl halides is 4. The summed E-state index contributed by atoms with van der Waals surface area (Å²) in [4.78, 5) is 19.6. The molecule has 0 radical (unpaired) electrons. The molecule has 0 saturated carbocycles. The second-order valence-corrected chi connectivity index (χ2v) is 7.90. The Kier molecular flexibility index (Phi) is 8.36. The molecule has 1 aromatic carbocycles. The lowest BCUT2D eigenvalue weighted by molar-refractivity contribution is -0.253. The van der Waals surface area contributed by atoms with Crippen LogP contribution >= 0.6 is 11.6 Å². The van der Waals surface area contributed by atoms with Crippen LogP contribution in [0.5, 0.6) is 0 Å². The molecule has 0 spiro atoms. The number of rotatable bonds is 6. The van der Waals surface area contributed by atoms with Crippen molar-refractivity contribution in [2.24, 2.45) is 0 Å². The molecule has 0 fully saturated rings. The summed E-state index contributed by atoms with van der Waals surface area (Å²) in [7, 11) is 0. The topological polar surface area (TPSA) is 68.0 Å². The van der Waals surface area contributed by atoms with E-state index in [1.165, 1.54) is 0 Å². The number of hydrogen-bond acceptors (Lipinski definition) is 4. The zero-order valence-electron chi connectivity index (χ0n) is 17.9. The SMILES string of the molecule is CCCC(=O)CC(C)(O)C(F)(F)F.Cc1nc2ccc(Cl)nc2n1-c1ccc(CF)cc1. The van der Waals surface area contributed by atoms with Crippen LogP contribution in [0.15, 0.2) is 36.4 Å². The van der Waals surface area contributed by atoms with Crippen molar-refractivity contribution in [3.8, 4) is 5.69 Å². The molecule has 32 heavy (non-hydrogen) atoms. The third-order valence-corrected chi connectivity index (χ3v) is 4.88. The van der Waals surface area contributed by atoms with E-state index in [1.54, 1.807) is 25.1 Å². The summed E-state index contributed by atoms with van der Waals surface area (Å²) in [5, 5.41) is 9.33. The first-order valence-electron chi connectivity index (χ1n) is 9.87. The molecule has 10 heteroatoms. The van der Waals surface area contributed by atoms with Gasteiger partial charge in [-0.25, -0.2) is 14.4 Å². The first kappa shape index (κ1) is 25.7. The molecule has 2 heterocycles. The normalized spacial score (nSPS) is 13.4. The Hall–Kier alpha value is -2.52. The van der Waals surface area contributed by atoms with Gasteiger partial charge in [-0.2, -0.15) is 13.2 Å². The van der Waals surface area contributed by atoms with Gasteiger partial charge < -0.3 is 5.11 Å². The first-order chi connectivity index (χ1) is 14.9. The second kappa shape index (κ2) is 10.4. The average Bonchev–Trinajstić information content (AvgIpc) is 3.02. The number of halogens is 5. The maximum Gasteiger partial charge on any atom is 0.417 e. The summed E-state index contributed by atoms with van der Waals surface area (Å²) in [6.07, 6.45) is -5.03. The van der Waals surface area contributed by atoms with E-state index in [4.69, 9.17) is 16.7 Å².